The monoisotopic (exact) mass is 479 g/mol. The van der Waals surface area contributed by atoms with E-state index in [1.807, 2.05) is 12.1 Å². The highest BCUT2D eigenvalue weighted by atomic mass is 79.9. The van der Waals surface area contributed by atoms with Gasteiger partial charge in [-0.25, -0.2) is 0 Å². The van der Waals surface area contributed by atoms with E-state index >= 15 is 0 Å². The molecule has 3 aromatic carbocycles. The molecule has 0 bridgehead atoms. The summed E-state index contributed by atoms with van der Waals surface area (Å²) in [6.45, 7) is -0.319. The minimum atomic E-state index is -0.376. The normalized spacial score (nSPS) is 10.6. The highest BCUT2D eigenvalue weighted by molar-refractivity contribution is 9.10. The molecule has 1 aromatic heterocycles. The summed E-state index contributed by atoms with van der Waals surface area (Å²) in [4.78, 5) is 25.6. The van der Waals surface area contributed by atoms with Crippen molar-refractivity contribution in [1.29, 1.82) is 0 Å². The summed E-state index contributed by atoms with van der Waals surface area (Å²) in [5, 5.41) is 3.17. The third-order valence-corrected chi connectivity index (χ3v) is 5.14. The molecule has 6 nitrogen and oxygen atoms in total. The first-order valence-corrected chi connectivity index (χ1v) is 10.2. The minimum Gasteiger partial charge on any atom is -0.497 e. The third kappa shape index (κ3) is 4.62. The molecule has 1 heterocycles. The van der Waals surface area contributed by atoms with Crippen LogP contribution in [-0.2, 0) is 4.79 Å². The average molecular weight is 480 g/mol. The van der Waals surface area contributed by atoms with Crippen LogP contribution in [0, 0.1) is 0 Å². The van der Waals surface area contributed by atoms with Crippen molar-refractivity contribution in [2.75, 3.05) is 19.0 Å². The second-order valence-corrected chi connectivity index (χ2v) is 7.58. The number of anilines is 1. The zero-order valence-corrected chi connectivity index (χ0v) is 18.1. The molecule has 0 fully saturated rings. The molecule has 0 unspecified atom stereocenters. The van der Waals surface area contributed by atoms with Gasteiger partial charge < -0.3 is 19.2 Å². The predicted octanol–water partition coefficient (Wildman–Crippen LogP) is 5.25. The van der Waals surface area contributed by atoms with Crippen molar-refractivity contribution in [3.8, 4) is 22.8 Å². The number of rotatable bonds is 6. The van der Waals surface area contributed by atoms with Gasteiger partial charge in [-0.15, -0.1) is 0 Å². The number of amides is 1. The van der Waals surface area contributed by atoms with E-state index < -0.39 is 0 Å². The van der Waals surface area contributed by atoms with Gasteiger partial charge in [0.25, 0.3) is 11.9 Å². The van der Waals surface area contributed by atoms with Crippen LogP contribution in [0.1, 0.15) is 0 Å². The van der Waals surface area contributed by atoms with Crippen LogP contribution in [-0.4, -0.2) is 19.6 Å². The van der Waals surface area contributed by atoms with Crippen molar-refractivity contribution in [3.05, 3.63) is 87.5 Å². The lowest BCUT2D eigenvalue weighted by Crippen LogP contribution is -2.21. The van der Waals surface area contributed by atoms with E-state index in [4.69, 9.17) is 13.9 Å². The van der Waals surface area contributed by atoms with E-state index in [1.165, 1.54) is 0 Å². The zero-order chi connectivity index (χ0) is 21.8. The zero-order valence-electron chi connectivity index (χ0n) is 16.6. The lowest BCUT2D eigenvalue weighted by Gasteiger charge is -2.12. The summed E-state index contributed by atoms with van der Waals surface area (Å²) in [5.74, 6) is 0.268. The Morgan fingerprint density at radius 3 is 2.42 bits per heavy atom. The third-order valence-electron chi connectivity index (χ3n) is 4.61. The molecule has 0 aliphatic carbocycles. The number of benzene rings is 3. The molecule has 1 amide bonds. The van der Waals surface area contributed by atoms with Crippen LogP contribution >= 0.6 is 15.9 Å². The van der Waals surface area contributed by atoms with Crippen LogP contribution in [0.5, 0.6) is 11.7 Å². The van der Waals surface area contributed by atoms with Crippen molar-refractivity contribution >= 4 is 38.5 Å². The summed E-state index contributed by atoms with van der Waals surface area (Å²) < 4.78 is 17.6. The smallest absolute Gasteiger partial charge is 0.297 e. The number of hydrogen-bond donors (Lipinski definition) is 1. The second kappa shape index (κ2) is 9.06. The van der Waals surface area contributed by atoms with Gasteiger partial charge in [0.15, 0.2) is 6.61 Å². The van der Waals surface area contributed by atoms with Gasteiger partial charge in [-0.3, -0.25) is 9.59 Å². The van der Waals surface area contributed by atoms with Gasteiger partial charge in [0, 0.05) is 10.2 Å². The molecule has 0 spiro atoms. The Kier molecular flexibility index (Phi) is 6.04. The summed E-state index contributed by atoms with van der Waals surface area (Å²) >= 11 is 3.35. The predicted molar refractivity (Wildman–Crippen MR) is 123 cm³/mol. The number of fused-ring (bicyclic) bond motifs is 1. The molecule has 4 aromatic rings. The second-order valence-electron chi connectivity index (χ2n) is 6.66. The number of halogens is 1. The number of hydrogen-bond acceptors (Lipinski definition) is 5. The maximum Gasteiger partial charge on any atom is 0.297 e. The van der Waals surface area contributed by atoms with Crippen LogP contribution < -0.4 is 20.2 Å². The summed E-state index contributed by atoms with van der Waals surface area (Å²) in [5.41, 5.74) is 1.62. The average Bonchev–Trinajstić information content (AvgIpc) is 2.79. The number of carbonyl (C=O) groups is 1. The lowest BCUT2D eigenvalue weighted by molar-refractivity contribution is -0.118. The highest BCUT2D eigenvalue weighted by Crippen LogP contribution is 2.31. The molecular weight excluding hydrogens is 462 g/mol. The quantitative estimate of drug-likeness (QED) is 0.408. The molecule has 1 N–H and O–H groups in total. The first-order chi connectivity index (χ1) is 15.0. The highest BCUT2D eigenvalue weighted by Gasteiger charge is 2.19. The Balaban J connectivity index is 1.66. The van der Waals surface area contributed by atoms with Crippen molar-refractivity contribution in [2.24, 2.45) is 0 Å². The molecule has 0 radical (unpaired) electrons. The van der Waals surface area contributed by atoms with Crippen LogP contribution in [0.25, 0.3) is 22.1 Å². The van der Waals surface area contributed by atoms with Gasteiger partial charge in [0.05, 0.1) is 12.5 Å². The van der Waals surface area contributed by atoms with E-state index in [0.29, 0.717) is 28.0 Å². The van der Waals surface area contributed by atoms with Gasteiger partial charge in [-0.1, -0.05) is 40.2 Å². The van der Waals surface area contributed by atoms with E-state index in [0.717, 1.165) is 4.47 Å². The van der Waals surface area contributed by atoms with Crippen molar-refractivity contribution in [2.45, 2.75) is 0 Å². The fraction of sp³-hybridized carbons (Fsp3) is 0.0833. The van der Waals surface area contributed by atoms with Gasteiger partial charge in [0.1, 0.15) is 16.9 Å². The summed E-state index contributed by atoms with van der Waals surface area (Å²) in [6.07, 6.45) is 0. The van der Waals surface area contributed by atoms with Crippen LogP contribution in [0.2, 0.25) is 0 Å². The van der Waals surface area contributed by atoms with E-state index in [2.05, 4.69) is 21.2 Å². The van der Waals surface area contributed by atoms with Crippen molar-refractivity contribution in [3.63, 3.8) is 0 Å². The Hall–Kier alpha value is -3.58. The van der Waals surface area contributed by atoms with E-state index in [-0.39, 0.29) is 29.5 Å². The maximum absolute atomic E-state index is 13.2. The molecular formula is C24H18BrNO5. The van der Waals surface area contributed by atoms with Crippen molar-refractivity contribution in [1.82, 2.24) is 0 Å². The molecule has 0 aliphatic heterocycles. The summed E-state index contributed by atoms with van der Waals surface area (Å²) in [6, 6.07) is 21.1. The van der Waals surface area contributed by atoms with Gasteiger partial charge in [-0.2, -0.15) is 0 Å². The number of para-hydroxylation sites is 1. The molecule has 0 atom stereocenters. The Morgan fingerprint density at radius 1 is 1.00 bits per heavy atom. The molecule has 156 valence electrons. The largest absolute Gasteiger partial charge is 0.497 e. The number of nitrogens with one attached hydrogen (secondary N) is 1. The topological polar surface area (TPSA) is 77.8 Å². The van der Waals surface area contributed by atoms with Gasteiger partial charge in [0.2, 0.25) is 5.43 Å². The van der Waals surface area contributed by atoms with Gasteiger partial charge >= 0.3 is 0 Å². The Morgan fingerprint density at radius 2 is 1.71 bits per heavy atom. The number of ether oxygens (including phenoxy) is 2. The number of methoxy groups -OCH3 is 1. The molecule has 31 heavy (non-hydrogen) atoms. The molecule has 0 saturated heterocycles. The van der Waals surface area contributed by atoms with Crippen LogP contribution in [0.4, 0.5) is 5.69 Å². The fourth-order valence-corrected chi connectivity index (χ4v) is 3.36. The molecule has 0 saturated carbocycles. The first kappa shape index (κ1) is 20.7. The van der Waals surface area contributed by atoms with E-state index in [9.17, 15) is 9.59 Å². The molecule has 7 heteroatoms. The molecule has 4 rings (SSSR count). The van der Waals surface area contributed by atoms with Gasteiger partial charge in [-0.05, 0) is 54.1 Å². The standard InChI is InChI=1S/C24H18BrNO5/c1-29-18-12-6-15(7-13-18)22-23(28)19-4-2-3-5-20(19)31-24(22)30-14-21(27)26-17-10-8-16(25)9-11-17/h2-13H,14H2,1H3,(H,26,27). The fourth-order valence-electron chi connectivity index (χ4n) is 3.09. The maximum atomic E-state index is 13.2. The van der Waals surface area contributed by atoms with Crippen LogP contribution in [0.3, 0.4) is 0 Å². The minimum absolute atomic E-state index is 0.0141. The summed E-state index contributed by atoms with van der Waals surface area (Å²) in [7, 11) is 1.57. The SMILES string of the molecule is COc1ccc(-c2c(OCC(=O)Nc3ccc(Br)cc3)oc3ccccc3c2=O)cc1. The van der Waals surface area contributed by atoms with Crippen molar-refractivity contribution < 1.29 is 18.7 Å². The molecule has 0 aliphatic rings. The Labute approximate surface area is 186 Å². The van der Waals surface area contributed by atoms with E-state index in [1.54, 1.807) is 67.8 Å². The number of carbonyl (C=O) groups excluding carboxylic acids is 1. The van der Waals surface area contributed by atoms with Crippen LogP contribution in [0.15, 0.2) is 86.5 Å². The lowest BCUT2D eigenvalue weighted by atomic mass is 10.0. The Bertz CT molecular complexity index is 1280. The first-order valence-electron chi connectivity index (χ1n) is 9.43.